The van der Waals surface area contributed by atoms with Crippen molar-refractivity contribution < 1.29 is 32.6 Å². The summed E-state index contributed by atoms with van der Waals surface area (Å²) in [5, 5.41) is 12.8. The monoisotopic (exact) mass is 546 g/mol. The van der Waals surface area contributed by atoms with Crippen LogP contribution in [0.5, 0.6) is 5.75 Å². The largest absolute Gasteiger partial charge is 0.422 e. The van der Waals surface area contributed by atoms with Crippen LogP contribution in [0.4, 0.5) is 4.79 Å². The van der Waals surface area contributed by atoms with E-state index >= 15 is 0 Å². The number of methoxy groups -OCH3 is 1. The van der Waals surface area contributed by atoms with Crippen LogP contribution >= 0.6 is 23.3 Å². The maximum absolute atomic E-state index is 13.2. The topological polar surface area (TPSA) is 149 Å². The highest BCUT2D eigenvalue weighted by Gasteiger charge is 2.38. The Morgan fingerprint density at radius 1 is 1.37 bits per heavy atom. The summed E-state index contributed by atoms with van der Waals surface area (Å²) in [6, 6.07) is 7.74. The fourth-order valence-electron chi connectivity index (χ4n) is 3.44. The molecule has 0 aliphatic carbocycles. The number of hydrogen-bond donors (Lipinski definition) is 2. The Morgan fingerprint density at radius 2 is 2.17 bits per heavy atom. The Kier molecular flexibility index (Phi) is 9.71. The molecule has 15 heteroatoms. The van der Waals surface area contributed by atoms with E-state index in [1.807, 2.05) is 6.92 Å². The SMILES string of the molecule is CCNC1CN(CCCOC)S(=O)(=O)c2sc(SNC(=O)Oc3cccc(CO[N+](=O)[O-])c3)cc21. The second kappa shape index (κ2) is 12.5. The van der Waals surface area contributed by atoms with Gasteiger partial charge < -0.3 is 19.6 Å². The molecule has 2 aromatic rings. The van der Waals surface area contributed by atoms with Gasteiger partial charge in [0.05, 0.1) is 4.21 Å². The van der Waals surface area contributed by atoms with Gasteiger partial charge in [0.2, 0.25) is 0 Å². The highest BCUT2D eigenvalue weighted by atomic mass is 32.3. The molecule has 1 aromatic carbocycles. The summed E-state index contributed by atoms with van der Waals surface area (Å²) >= 11 is 2.04. The van der Waals surface area contributed by atoms with Crippen LogP contribution in [0.15, 0.2) is 38.8 Å². The molecule has 12 nitrogen and oxygen atoms in total. The zero-order valence-electron chi connectivity index (χ0n) is 19.1. The summed E-state index contributed by atoms with van der Waals surface area (Å²) in [4.78, 5) is 26.9. The zero-order chi connectivity index (χ0) is 25.4. The Hall–Kier alpha value is -2.43. The lowest BCUT2D eigenvalue weighted by Gasteiger charge is -2.32. The molecule has 1 atom stereocenters. The van der Waals surface area contributed by atoms with Crippen LogP contribution in [0, 0.1) is 10.1 Å². The second-order valence-electron chi connectivity index (χ2n) is 7.37. The van der Waals surface area contributed by atoms with E-state index in [0.29, 0.717) is 48.0 Å². The minimum atomic E-state index is -3.66. The van der Waals surface area contributed by atoms with Gasteiger partial charge in [-0.05, 0) is 36.7 Å². The number of carbonyl (C=O) groups is 1. The molecule has 0 saturated carbocycles. The van der Waals surface area contributed by atoms with Gasteiger partial charge in [0, 0.05) is 50.4 Å². The highest BCUT2D eigenvalue weighted by molar-refractivity contribution is 8.00. The lowest BCUT2D eigenvalue weighted by Crippen LogP contribution is -2.43. The van der Waals surface area contributed by atoms with Gasteiger partial charge in [-0.15, -0.1) is 21.5 Å². The van der Waals surface area contributed by atoms with E-state index in [-0.39, 0.29) is 22.6 Å². The number of fused-ring (bicyclic) bond motifs is 1. The number of carbonyl (C=O) groups excluding carboxylic acids is 1. The lowest BCUT2D eigenvalue weighted by molar-refractivity contribution is -0.763. The summed E-state index contributed by atoms with van der Waals surface area (Å²) in [7, 11) is -2.08. The number of likely N-dealkylation sites (N-methyl/N-ethyl adjacent to an activating group) is 1. The predicted octanol–water partition coefficient (Wildman–Crippen LogP) is 2.94. The number of nitrogens with one attached hydrogen (secondary N) is 2. The average molecular weight is 547 g/mol. The average Bonchev–Trinajstić information content (AvgIpc) is 3.26. The molecule has 1 aromatic heterocycles. The van der Waals surface area contributed by atoms with Crippen LogP contribution in [-0.4, -0.2) is 57.3 Å². The standard InChI is InChI=1S/C20H26N4O8S3/c1-3-21-17-12-23(8-5-9-30-2)35(28,29)19-16(17)11-18(33-19)34-22-20(25)32-15-7-4-6-14(10-15)13-31-24(26)27/h4,6-7,10-11,17,21H,3,5,8-9,12-13H2,1-2H3,(H,22,25). The Morgan fingerprint density at radius 3 is 2.89 bits per heavy atom. The zero-order valence-corrected chi connectivity index (χ0v) is 21.5. The van der Waals surface area contributed by atoms with E-state index < -0.39 is 21.2 Å². The number of amides is 1. The third-order valence-corrected chi connectivity index (χ3v) is 9.35. The fraction of sp³-hybridized carbons (Fsp3) is 0.450. The van der Waals surface area contributed by atoms with Crippen molar-refractivity contribution >= 4 is 39.4 Å². The van der Waals surface area contributed by atoms with Crippen molar-refractivity contribution in [2.45, 2.75) is 34.4 Å². The number of rotatable bonds is 12. The molecule has 1 aliphatic rings. The Bertz CT molecular complexity index is 1140. The predicted molar refractivity (Wildman–Crippen MR) is 129 cm³/mol. The van der Waals surface area contributed by atoms with Crippen molar-refractivity contribution in [1.29, 1.82) is 0 Å². The molecule has 2 N–H and O–H groups in total. The van der Waals surface area contributed by atoms with Gasteiger partial charge in [-0.1, -0.05) is 19.1 Å². The quantitative estimate of drug-likeness (QED) is 0.176. The Labute approximate surface area is 211 Å². The molecule has 1 amide bonds. The number of sulfonamides is 1. The van der Waals surface area contributed by atoms with Crippen molar-refractivity contribution in [1.82, 2.24) is 14.3 Å². The summed E-state index contributed by atoms with van der Waals surface area (Å²) in [5.74, 6) is 0.180. The van der Waals surface area contributed by atoms with Gasteiger partial charge in [0.15, 0.2) is 0 Å². The fourth-order valence-corrected chi connectivity index (χ4v) is 7.70. The first kappa shape index (κ1) is 27.2. The van der Waals surface area contributed by atoms with Crippen LogP contribution in [0.25, 0.3) is 0 Å². The molecule has 2 heterocycles. The van der Waals surface area contributed by atoms with Crippen LogP contribution < -0.4 is 14.8 Å². The van der Waals surface area contributed by atoms with Crippen LogP contribution in [0.2, 0.25) is 0 Å². The van der Waals surface area contributed by atoms with Crippen LogP contribution in [0.1, 0.15) is 30.5 Å². The summed E-state index contributed by atoms with van der Waals surface area (Å²) in [6.45, 7) is 3.49. The maximum Gasteiger partial charge on any atom is 0.422 e. The van der Waals surface area contributed by atoms with Crippen molar-refractivity contribution in [3.63, 3.8) is 0 Å². The number of ether oxygens (including phenoxy) is 2. The lowest BCUT2D eigenvalue weighted by atomic mass is 10.1. The van der Waals surface area contributed by atoms with E-state index in [2.05, 4.69) is 14.9 Å². The molecule has 0 fully saturated rings. The van der Waals surface area contributed by atoms with Gasteiger partial charge in [0.1, 0.15) is 16.6 Å². The van der Waals surface area contributed by atoms with E-state index in [0.717, 1.165) is 23.3 Å². The molecular weight excluding hydrogens is 520 g/mol. The molecule has 0 bridgehead atoms. The third-order valence-electron chi connectivity index (χ3n) is 4.93. The summed E-state index contributed by atoms with van der Waals surface area (Å²) in [6.07, 6.45) is -0.190. The molecule has 3 rings (SSSR count). The van der Waals surface area contributed by atoms with Crippen LogP contribution in [-0.2, 0) is 26.2 Å². The molecule has 1 unspecified atom stereocenters. The minimum absolute atomic E-state index is 0.164. The van der Waals surface area contributed by atoms with Gasteiger partial charge in [0.25, 0.3) is 15.1 Å². The summed E-state index contributed by atoms with van der Waals surface area (Å²) < 4.78 is 41.4. The maximum atomic E-state index is 13.2. The van der Waals surface area contributed by atoms with E-state index in [4.69, 9.17) is 9.47 Å². The van der Waals surface area contributed by atoms with Crippen LogP contribution in [0.3, 0.4) is 0 Å². The number of hydrogen-bond acceptors (Lipinski definition) is 11. The molecule has 0 saturated heterocycles. The summed E-state index contributed by atoms with van der Waals surface area (Å²) in [5.41, 5.74) is 1.14. The molecule has 0 spiro atoms. The van der Waals surface area contributed by atoms with E-state index in [9.17, 15) is 23.3 Å². The first-order chi connectivity index (χ1) is 16.7. The number of benzene rings is 1. The highest BCUT2D eigenvalue weighted by Crippen LogP contribution is 2.41. The molecule has 1 aliphatic heterocycles. The minimum Gasteiger partial charge on any atom is -0.410 e. The van der Waals surface area contributed by atoms with E-state index in [1.165, 1.54) is 16.4 Å². The normalized spacial score (nSPS) is 16.9. The van der Waals surface area contributed by atoms with Gasteiger partial charge in [-0.25, -0.2) is 13.2 Å². The smallest absolute Gasteiger partial charge is 0.410 e. The van der Waals surface area contributed by atoms with Gasteiger partial charge >= 0.3 is 6.09 Å². The van der Waals surface area contributed by atoms with Gasteiger partial charge in [-0.3, -0.25) is 4.72 Å². The molecule has 192 valence electrons. The molecule has 35 heavy (non-hydrogen) atoms. The van der Waals surface area contributed by atoms with Crippen molar-refractivity contribution in [2.75, 3.05) is 33.4 Å². The third kappa shape index (κ3) is 7.28. The van der Waals surface area contributed by atoms with Crippen molar-refractivity contribution in [3.8, 4) is 5.75 Å². The molecular formula is C20H26N4O8S3. The van der Waals surface area contributed by atoms with E-state index in [1.54, 1.807) is 25.3 Å². The Balaban J connectivity index is 1.66. The number of thiophene rings is 1. The first-order valence-electron chi connectivity index (χ1n) is 10.6. The number of nitrogens with zero attached hydrogens (tertiary/aromatic N) is 2. The first-order valence-corrected chi connectivity index (χ1v) is 13.7. The van der Waals surface area contributed by atoms with Crippen molar-refractivity contribution in [2.24, 2.45) is 0 Å². The van der Waals surface area contributed by atoms with Gasteiger partial charge in [-0.2, -0.15) is 4.31 Å². The van der Waals surface area contributed by atoms with Crippen molar-refractivity contribution in [3.05, 3.63) is 51.6 Å². The molecule has 0 radical (unpaired) electrons. The second-order valence-corrected chi connectivity index (χ2v) is 11.7.